The number of methoxy groups -OCH3 is 1. The van der Waals surface area contributed by atoms with Crippen molar-refractivity contribution in [2.75, 3.05) is 38.2 Å². The van der Waals surface area contributed by atoms with Crippen LogP contribution in [-0.4, -0.2) is 63.4 Å². The molecule has 36 heavy (non-hydrogen) atoms. The smallest absolute Gasteiger partial charge is 0.253 e. The van der Waals surface area contributed by atoms with E-state index < -0.39 is 0 Å². The number of aromatic nitrogens is 5. The fourth-order valence-corrected chi connectivity index (χ4v) is 4.92. The van der Waals surface area contributed by atoms with Gasteiger partial charge in [-0.1, -0.05) is 11.6 Å². The Hall–Kier alpha value is -3.72. The lowest BCUT2D eigenvalue weighted by Gasteiger charge is -2.40. The predicted octanol–water partition coefficient (Wildman–Crippen LogP) is 3.50. The van der Waals surface area contributed by atoms with Crippen LogP contribution in [0.5, 0.6) is 5.75 Å². The van der Waals surface area contributed by atoms with E-state index in [4.69, 9.17) is 4.74 Å². The Morgan fingerprint density at radius 3 is 2.39 bits per heavy atom. The number of hydrogen-bond donors (Lipinski definition) is 1. The Labute approximate surface area is 210 Å². The van der Waals surface area contributed by atoms with Gasteiger partial charge in [0.25, 0.3) is 5.56 Å². The van der Waals surface area contributed by atoms with E-state index in [-0.39, 0.29) is 17.1 Å². The lowest BCUT2D eigenvalue weighted by molar-refractivity contribution is 0.190. The summed E-state index contributed by atoms with van der Waals surface area (Å²) in [6.45, 7) is 11.4. The van der Waals surface area contributed by atoms with Gasteiger partial charge >= 0.3 is 0 Å². The third-order valence-electron chi connectivity index (χ3n) is 6.81. The Morgan fingerprint density at radius 1 is 1.00 bits per heavy atom. The van der Waals surface area contributed by atoms with Crippen molar-refractivity contribution < 1.29 is 4.74 Å². The van der Waals surface area contributed by atoms with Gasteiger partial charge in [-0.05, 0) is 86.0 Å². The molecule has 0 saturated carbocycles. The van der Waals surface area contributed by atoms with Crippen LogP contribution in [0.15, 0.2) is 53.3 Å². The molecule has 1 N–H and O–H groups in total. The zero-order chi connectivity index (χ0) is 25.4. The molecular weight excluding hydrogens is 454 g/mol. The summed E-state index contributed by atoms with van der Waals surface area (Å²) in [7, 11) is 1.68. The molecule has 1 saturated heterocycles. The molecule has 1 aliphatic rings. The Balaban J connectivity index is 1.53. The number of tetrazole rings is 1. The highest BCUT2D eigenvalue weighted by molar-refractivity contribution is 5.79. The second-order valence-corrected chi connectivity index (χ2v) is 10.4. The van der Waals surface area contributed by atoms with Crippen molar-refractivity contribution in [3.63, 3.8) is 0 Å². The third kappa shape index (κ3) is 4.58. The first-order valence-corrected chi connectivity index (χ1v) is 12.3. The molecular formula is C27H33N7O2. The summed E-state index contributed by atoms with van der Waals surface area (Å²) in [5, 5.41) is 13.8. The summed E-state index contributed by atoms with van der Waals surface area (Å²) in [5.41, 5.74) is 3.34. The molecule has 0 bridgehead atoms. The molecule has 188 valence electrons. The number of fused-ring (bicyclic) bond motifs is 1. The van der Waals surface area contributed by atoms with E-state index in [1.54, 1.807) is 7.11 Å². The van der Waals surface area contributed by atoms with E-state index in [9.17, 15) is 4.79 Å². The summed E-state index contributed by atoms with van der Waals surface area (Å²) in [4.78, 5) is 21.2. The van der Waals surface area contributed by atoms with Crippen LogP contribution >= 0.6 is 0 Å². The van der Waals surface area contributed by atoms with Crippen LogP contribution in [0.3, 0.4) is 0 Å². The SMILES string of the molecule is COc1ccc(N2CCN(C(c3cc4cc(C)ccc4[nH]c3=O)c3nnnn3C(C)(C)C)CC2)cc1. The highest BCUT2D eigenvalue weighted by atomic mass is 16.5. The lowest BCUT2D eigenvalue weighted by Crippen LogP contribution is -2.49. The molecule has 0 amide bonds. The minimum atomic E-state index is -0.370. The van der Waals surface area contributed by atoms with Gasteiger partial charge in [0.2, 0.25) is 0 Å². The van der Waals surface area contributed by atoms with E-state index in [0.29, 0.717) is 11.4 Å². The average molecular weight is 488 g/mol. The molecule has 1 unspecified atom stereocenters. The largest absolute Gasteiger partial charge is 0.497 e. The van der Waals surface area contributed by atoms with Crippen molar-refractivity contribution in [3.05, 3.63) is 75.8 Å². The monoisotopic (exact) mass is 487 g/mol. The molecule has 2 aromatic carbocycles. The van der Waals surface area contributed by atoms with Gasteiger partial charge in [-0.3, -0.25) is 9.69 Å². The fraction of sp³-hybridized carbons (Fsp3) is 0.407. The van der Waals surface area contributed by atoms with Crippen LogP contribution in [-0.2, 0) is 5.54 Å². The number of ether oxygens (including phenoxy) is 1. The average Bonchev–Trinajstić information content (AvgIpc) is 3.36. The number of rotatable bonds is 5. The highest BCUT2D eigenvalue weighted by Crippen LogP contribution is 2.31. The molecule has 0 radical (unpaired) electrons. The van der Waals surface area contributed by atoms with E-state index in [0.717, 1.165) is 54.1 Å². The van der Waals surface area contributed by atoms with Crippen molar-refractivity contribution in [1.82, 2.24) is 30.1 Å². The number of piperazine rings is 1. The Kier molecular flexibility index (Phi) is 6.26. The number of H-pyrrole nitrogens is 1. The molecule has 1 fully saturated rings. The lowest BCUT2D eigenvalue weighted by atomic mass is 10.0. The first kappa shape index (κ1) is 24.0. The second-order valence-electron chi connectivity index (χ2n) is 10.4. The van der Waals surface area contributed by atoms with Crippen molar-refractivity contribution in [2.45, 2.75) is 39.3 Å². The minimum absolute atomic E-state index is 0.114. The van der Waals surface area contributed by atoms with Gasteiger partial charge in [-0.2, -0.15) is 0 Å². The fourth-order valence-electron chi connectivity index (χ4n) is 4.92. The minimum Gasteiger partial charge on any atom is -0.497 e. The van der Waals surface area contributed by atoms with Gasteiger partial charge in [0, 0.05) is 42.9 Å². The van der Waals surface area contributed by atoms with Gasteiger partial charge in [0.05, 0.1) is 12.6 Å². The van der Waals surface area contributed by atoms with Crippen LogP contribution in [0.25, 0.3) is 10.9 Å². The molecule has 2 aromatic heterocycles. The summed E-state index contributed by atoms with van der Waals surface area (Å²) < 4.78 is 7.14. The van der Waals surface area contributed by atoms with Crippen molar-refractivity contribution in [3.8, 4) is 5.75 Å². The number of benzene rings is 2. The first-order valence-electron chi connectivity index (χ1n) is 12.3. The second kappa shape index (κ2) is 9.39. The number of aromatic amines is 1. The van der Waals surface area contributed by atoms with E-state index in [1.165, 1.54) is 0 Å². The van der Waals surface area contributed by atoms with Crippen molar-refractivity contribution in [1.29, 1.82) is 0 Å². The van der Waals surface area contributed by atoms with Crippen molar-refractivity contribution >= 4 is 16.6 Å². The topological polar surface area (TPSA) is 92.2 Å². The molecule has 9 nitrogen and oxygen atoms in total. The maximum atomic E-state index is 13.4. The third-order valence-corrected chi connectivity index (χ3v) is 6.81. The molecule has 1 atom stereocenters. The molecule has 5 rings (SSSR count). The van der Waals surface area contributed by atoms with Gasteiger partial charge < -0.3 is 14.6 Å². The number of nitrogens with zero attached hydrogens (tertiary/aromatic N) is 6. The number of nitrogens with one attached hydrogen (secondary N) is 1. The van der Waals surface area contributed by atoms with Crippen LogP contribution in [0, 0.1) is 6.92 Å². The summed E-state index contributed by atoms with van der Waals surface area (Å²) >= 11 is 0. The van der Waals surface area contributed by atoms with E-state index >= 15 is 0 Å². The predicted molar refractivity (Wildman–Crippen MR) is 141 cm³/mol. The summed E-state index contributed by atoms with van der Waals surface area (Å²) in [6, 6.07) is 15.8. The number of anilines is 1. The van der Waals surface area contributed by atoms with Crippen LogP contribution in [0.2, 0.25) is 0 Å². The molecule has 3 heterocycles. The van der Waals surface area contributed by atoms with Crippen LogP contribution in [0.4, 0.5) is 5.69 Å². The zero-order valence-corrected chi connectivity index (χ0v) is 21.5. The summed E-state index contributed by atoms with van der Waals surface area (Å²) in [5.74, 6) is 1.52. The van der Waals surface area contributed by atoms with Crippen LogP contribution < -0.4 is 15.2 Å². The number of hydrogen-bond acceptors (Lipinski definition) is 7. The molecule has 1 aliphatic heterocycles. The quantitative estimate of drug-likeness (QED) is 0.461. The van der Waals surface area contributed by atoms with E-state index in [1.807, 2.05) is 35.0 Å². The molecule has 9 heteroatoms. The van der Waals surface area contributed by atoms with Gasteiger partial charge in [-0.25, -0.2) is 4.68 Å². The van der Waals surface area contributed by atoms with Crippen molar-refractivity contribution in [2.24, 2.45) is 0 Å². The van der Waals surface area contributed by atoms with Gasteiger partial charge in [0.15, 0.2) is 5.82 Å². The Bertz CT molecular complexity index is 1410. The summed E-state index contributed by atoms with van der Waals surface area (Å²) in [6.07, 6.45) is 0. The molecule has 4 aromatic rings. The van der Waals surface area contributed by atoms with Gasteiger partial charge in [0.1, 0.15) is 11.8 Å². The van der Waals surface area contributed by atoms with Gasteiger partial charge in [-0.15, -0.1) is 5.10 Å². The standard InChI is InChI=1S/C27H33N7O2/c1-18-6-11-23-19(16-18)17-22(26(35)28-23)24(25-29-30-31-34(25)27(2,3)4)33-14-12-32(13-15-33)20-7-9-21(36-5)10-8-20/h6-11,16-17,24H,12-15H2,1-5H3,(H,28,35). The number of aryl methyl sites for hydroxylation is 1. The normalized spacial score (nSPS) is 15.9. The Morgan fingerprint density at radius 2 is 1.72 bits per heavy atom. The maximum absolute atomic E-state index is 13.4. The highest BCUT2D eigenvalue weighted by Gasteiger charge is 2.35. The van der Waals surface area contributed by atoms with Crippen LogP contribution in [0.1, 0.15) is 43.8 Å². The maximum Gasteiger partial charge on any atom is 0.253 e. The zero-order valence-electron chi connectivity index (χ0n) is 21.5. The number of pyridine rings is 1. The molecule has 0 aliphatic carbocycles. The molecule has 0 spiro atoms. The first-order chi connectivity index (χ1) is 17.2. The van der Waals surface area contributed by atoms with E-state index in [2.05, 4.69) is 76.2 Å².